The van der Waals surface area contributed by atoms with Gasteiger partial charge >= 0.3 is 6.18 Å². The molecule has 0 saturated carbocycles. The van der Waals surface area contributed by atoms with Gasteiger partial charge in [-0.1, -0.05) is 13.8 Å². The minimum Gasteiger partial charge on any atom is -0.224 e. The molecule has 1 aromatic carbocycles. The molecule has 1 rings (SSSR count). The van der Waals surface area contributed by atoms with E-state index in [1.165, 1.54) is 13.8 Å². The largest absolute Gasteiger partial charge is 0.417 e. The van der Waals surface area contributed by atoms with Crippen molar-refractivity contribution in [2.24, 2.45) is 0 Å². The van der Waals surface area contributed by atoms with E-state index in [1.807, 2.05) is 0 Å². The molecule has 0 N–H and O–H groups in total. The quantitative estimate of drug-likeness (QED) is 0.780. The summed E-state index contributed by atoms with van der Waals surface area (Å²) in [5, 5.41) is 0. The van der Waals surface area contributed by atoms with Crippen LogP contribution in [0.1, 0.15) is 30.9 Å². The predicted octanol–water partition coefficient (Wildman–Crippen LogP) is 3.37. The molecule has 0 aromatic heterocycles. The van der Waals surface area contributed by atoms with Crippen molar-refractivity contribution in [3.8, 4) is 0 Å². The molecule has 18 heavy (non-hydrogen) atoms. The van der Waals surface area contributed by atoms with Crippen molar-refractivity contribution in [1.29, 1.82) is 0 Å². The monoisotopic (exact) mass is 284 g/mol. The molecular formula is C11H12F4O2S. The Morgan fingerprint density at radius 2 is 1.67 bits per heavy atom. The fraction of sp³-hybridized carbons (Fsp3) is 0.455. The molecule has 7 heteroatoms. The normalized spacial score (nSPS) is 13.1. The third-order valence-electron chi connectivity index (χ3n) is 2.43. The van der Waals surface area contributed by atoms with E-state index in [2.05, 4.69) is 0 Å². The lowest BCUT2D eigenvalue weighted by molar-refractivity contribution is -0.140. The highest BCUT2D eigenvalue weighted by Gasteiger charge is 2.37. The van der Waals surface area contributed by atoms with Crippen LogP contribution in [0.2, 0.25) is 0 Å². The fourth-order valence-corrected chi connectivity index (χ4v) is 2.43. The third-order valence-corrected chi connectivity index (χ3v) is 3.56. The molecule has 2 nitrogen and oxygen atoms in total. The molecule has 0 radical (unpaired) electrons. The van der Waals surface area contributed by atoms with Crippen LogP contribution in [-0.2, 0) is 16.0 Å². The number of hydrogen-bond acceptors (Lipinski definition) is 2. The Balaban J connectivity index is 3.69. The van der Waals surface area contributed by atoms with Gasteiger partial charge in [0.25, 0.3) is 0 Å². The maximum absolute atomic E-state index is 13.6. The summed E-state index contributed by atoms with van der Waals surface area (Å²) in [6.07, 6.45) is -4.22. The van der Waals surface area contributed by atoms with E-state index in [9.17, 15) is 26.0 Å². The highest BCUT2D eigenvalue weighted by atomic mass is 32.2. The molecule has 0 saturated heterocycles. The van der Waals surface area contributed by atoms with Crippen molar-refractivity contribution >= 4 is 9.84 Å². The van der Waals surface area contributed by atoms with Crippen molar-refractivity contribution in [1.82, 2.24) is 0 Å². The molecule has 0 fully saturated rings. The first-order valence-electron chi connectivity index (χ1n) is 5.05. The second-order valence-electron chi connectivity index (χ2n) is 4.29. The number of rotatable bonds is 2. The summed E-state index contributed by atoms with van der Waals surface area (Å²) < 4.78 is 74.4. The second kappa shape index (κ2) is 4.53. The smallest absolute Gasteiger partial charge is 0.224 e. The van der Waals surface area contributed by atoms with Gasteiger partial charge in [0, 0.05) is 6.26 Å². The lowest BCUT2D eigenvalue weighted by Crippen LogP contribution is -2.14. The van der Waals surface area contributed by atoms with E-state index in [1.54, 1.807) is 0 Å². The Hall–Kier alpha value is -1.11. The van der Waals surface area contributed by atoms with Crippen LogP contribution in [-0.4, -0.2) is 14.7 Å². The van der Waals surface area contributed by atoms with Gasteiger partial charge in [0.2, 0.25) is 0 Å². The highest BCUT2D eigenvalue weighted by molar-refractivity contribution is 7.90. The first-order valence-corrected chi connectivity index (χ1v) is 6.94. The van der Waals surface area contributed by atoms with E-state index in [0.29, 0.717) is 18.4 Å². The van der Waals surface area contributed by atoms with E-state index < -0.39 is 38.2 Å². The summed E-state index contributed by atoms with van der Waals surface area (Å²) in [6, 6.07) is 1.00. The zero-order chi connectivity index (χ0) is 14.3. The van der Waals surface area contributed by atoms with Crippen LogP contribution in [0.15, 0.2) is 17.0 Å². The average Bonchev–Trinajstić information content (AvgIpc) is 2.13. The summed E-state index contributed by atoms with van der Waals surface area (Å²) in [5.41, 5.74) is -1.48. The van der Waals surface area contributed by atoms with Gasteiger partial charge in [-0.25, -0.2) is 12.8 Å². The van der Waals surface area contributed by atoms with E-state index in [0.717, 1.165) is 0 Å². The van der Waals surface area contributed by atoms with E-state index in [4.69, 9.17) is 0 Å². The molecule has 0 aliphatic heterocycles. The number of sulfone groups is 1. The van der Waals surface area contributed by atoms with Gasteiger partial charge < -0.3 is 0 Å². The van der Waals surface area contributed by atoms with Gasteiger partial charge in [0.05, 0.1) is 10.5 Å². The first kappa shape index (κ1) is 14.9. The van der Waals surface area contributed by atoms with Gasteiger partial charge in [-0.15, -0.1) is 0 Å². The first-order chi connectivity index (χ1) is 7.94. The Kier molecular flexibility index (Phi) is 3.76. The molecule has 1 aromatic rings. The van der Waals surface area contributed by atoms with Gasteiger partial charge in [0.15, 0.2) is 9.84 Å². The van der Waals surface area contributed by atoms with Crippen molar-refractivity contribution in [3.63, 3.8) is 0 Å². The van der Waals surface area contributed by atoms with Crippen LogP contribution >= 0.6 is 0 Å². The summed E-state index contributed by atoms with van der Waals surface area (Å²) in [7, 11) is -4.14. The Morgan fingerprint density at radius 3 is 2.00 bits per heavy atom. The summed E-state index contributed by atoms with van der Waals surface area (Å²) in [5.74, 6) is -1.42. The van der Waals surface area contributed by atoms with Crippen LogP contribution in [0, 0.1) is 5.82 Å². The molecule has 0 aliphatic rings. The summed E-state index contributed by atoms with van der Waals surface area (Å²) in [6.45, 7) is 3.05. The fourth-order valence-electron chi connectivity index (χ4n) is 1.54. The van der Waals surface area contributed by atoms with Gasteiger partial charge in [-0.3, -0.25) is 0 Å². The van der Waals surface area contributed by atoms with Gasteiger partial charge in [-0.05, 0) is 23.6 Å². The predicted molar refractivity (Wildman–Crippen MR) is 58.6 cm³/mol. The molecule has 0 aliphatic carbocycles. The van der Waals surface area contributed by atoms with Gasteiger partial charge in [-0.2, -0.15) is 13.2 Å². The SMILES string of the molecule is CC(C)c1cc(C(F)(F)F)c(S(C)(=O)=O)cc1F. The second-order valence-corrected chi connectivity index (χ2v) is 6.28. The maximum Gasteiger partial charge on any atom is 0.417 e. The topological polar surface area (TPSA) is 34.1 Å². The minimum absolute atomic E-state index is 0.158. The molecular weight excluding hydrogens is 272 g/mol. The molecule has 0 amide bonds. The minimum atomic E-state index is -4.84. The Labute approximate surface area is 103 Å². The standard InChI is InChI=1S/C11H12F4O2S/c1-6(2)7-4-8(11(13,14)15)10(5-9(7)12)18(3,16)17/h4-6H,1-3H3. The molecule has 0 bridgehead atoms. The highest BCUT2D eigenvalue weighted by Crippen LogP contribution is 2.37. The lowest BCUT2D eigenvalue weighted by Gasteiger charge is -2.15. The van der Waals surface area contributed by atoms with Crippen LogP contribution in [0.25, 0.3) is 0 Å². The van der Waals surface area contributed by atoms with Crippen LogP contribution in [0.3, 0.4) is 0 Å². The van der Waals surface area contributed by atoms with Crippen LogP contribution in [0.4, 0.5) is 17.6 Å². The molecule has 102 valence electrons. The van der Waals surface area contributed by atoms with Gasteiger partial charge in [0.1, 0.15) is 5.82 Å². The number of benzene rings is 1. The zero-order valence-corrected chi connectivity index (χ0v) is 10.8. The summed E-state index contributed by atoms with van der Waals surface area (Å²) >= 11 is 0. The van der Waals surface area contributed by atoms with Crippen molar-refractivity contribution in [3.05, 3.63) is 29.1 Å². The van der Waals surface area contributed by atoms with E-state index in [-0.39, 0.29) is 5.56 Å². The van der Waals surface area contributed by atoms with E-state index >= 15 is 0 Å². The third kappa shape index (κ3) is 3.01. The van der Waals surface area contributed by atoms with Crippen molar-refractivity contribution in [2.45, 2.75) is 30.8 Å². The lowest BCUT2D eigenvalue weighted by atomic mass is 10.00. The van der Waals surface area contributed by atoms with Crippen LogP contribution < -0.4 is 0 Å². The average molecular weight is 284 g/mol. The molecule has 0 unspecified atom stereocenters. The summed E-state index contributed by atoms with van der Waals surface area (Å²) in [4.78, 5) is -1.03. The Morgan fingerprint density at radius 1 is 1.17 bits per heavy atom. The zero-order valence-electron chi connectivity index (χ0n) is 9.97. The molecule has 0 heterocycles. The Bertz CT molecular complexity index is 559. The van der Waals surface area contributed by atoms with Crippen LogP contribution in [0.5, 0.6) is 0 Å². The number of hydrogen-bond donors (Lipinski definition) is 0. The molecule has 0 atom stereocenters. The van der Waals surface area contributed by atoms with Crippen molar-refractivity contribution < 1.29 is 26.0 Å². The molecule has 0 spiro atoms. The number of alkyl halides is 3. The van der Waals surface area contributed by atoms with Crippen molar-refractivity contribution in [2.75, 3.05) is 6.26 Å². The maximum atomic E-state index is 13.6. The number of halogens is 4.